The molecule has 2 saturated heterocycles. The van der Waals surface area contributed by atoms with Gasteiger partial charge in [0.1, 0.15) is 17.9 Å². The average Bonchev–Trinajstić information content (AvgIpc) is 2.96. The van der Waals surface area contributed by atoms with Crippen LogP contribution in [0.1, 0.15) is 31.7 Å². The summed E-state index contributed by atoms with van der Waals surface area (Å²) in [4.78, 5) is 31.2. The smallest absolute Gasteiger partial charge is 0.326 e. The van der Waals surface area contributed by atoms with Gasteiger partial charge in [-0.1, -0.05) is 0 Å². The Morgan fingerprint density at radius 3 is 2.54 bits per heavy atom. The Morgan fingerprint density at radius 2 is 2.08 bits per heavy atom. The molecule has 3 heterocycles. The van der Waals surface area contributed by atoms with E-state index in [9.17, 15) is 14.7 Å². The van der Waals surface area contributed by atoms with E-state index >= 15 is 0 Å². The van der Waals surface area contributed by atoms with Gasteiger partial charge in [0.25, 0.3) is 0 Å². The lowest BCUT2D eigenvalue weighted by atomic mass is 9.76. The molecule has 1 aromatic heterocycles. The van der Waals surface area contributed by atoms with Gasteiger partial charge < -0.3 is 14.9 Å². The SMILES string of the molecule is CC(=O)N1CC2(CCN(c3ccc(C#N)cn3)CC2)C[C@@H]1C(=O)O. The lowest BCUT2D eigenvalue weighted by Gasteiger charge is -2.39. The number of aliphatic carboxylic acids is 1. The zero-order chi connectivity index (χ0) is 17.3. The number of amides is 1. The zero-order valence-corrected chi connectivity index (χ0v) is 13.6. The topological polar surface area (TPSA) is 97.5 Å². The minimum Gasteiger partial charge on any atom is -0.480 e. The Labute approximate surface area is 140 Å². The number of hydrogen-bond donors (Lipinski definition) is 1. The summed E-state index contributed by atoms with van der Waals surface area (Å²) >= 11 is 0. The summed E-state index contributed by atoms with van der Waals surface area (Å²) in [6.45, 7) is 3.51. The van der Waals surface area contributed by atoms with E-state index in [-0.39, 0.29) is 11.3 Å². The van der Waals surface area contributed by atoms with Gasteiger partial charge in [-0.25, -0.2) is 9.78 Å². The van der Waals surface area contributed by atoms with E-state index in [4.69, 9.17) is 5.26 Å². The fourth-order valence-electron chi connectivity index (χ4n) is 3.82. The molecule has 7 nitrogen and oxygen atoms in total. The Kier molecular flexibility index (Phi) is 4.14. The molecule has 1 atom stereocenters. The lowest BCUT2D eigenvalue weighted by Crippen LogP contribution is -2.42. The maximum absolute atomic E-state index is 11.7. The van der Waals surface area contributed by atoms with Crippen LogP contribution in [0.15, 0.2) is 18.3 Å². The van der Waals surface area contributed by atoms with Crippen LogP contribution in [0.25, 0.3) is 0 Å². The summed E-state index contributed by atoms with van der Waals surface area (Å²) in [6, 6.07) is 4.94. The van der Waals surface area contributed by atoms with Crippen LogP contribution < -0.4 is 4.90 Å². The lowest BCUT2D eigenvalue weighted by molar-refractivity contribution is -0.147. The number of pyridine rings is 1. The zero-order valence-electron chi connectivity index (χ0n) is 13.6. The highest BCUT2D eigenvalue weighted by molar-refractivity contribution is 5.83. The molecule has 1 N–H and O–H groups in total. The second-order valence-corrected chi connectivity index (χ2v) is 6.71. The minimum atomic E-state index is -0.918. The fraction of sp³-hybridized carbons (Fsp3) is 0.529. The van der Waals surface area contributed by atoms with Gasteiger partial charge in [-0.15, -0.1) is 0 Å². The molecule has 0 radical (unpaired) electrons. The number of hydrogen-bond acceptors (Lipinski definition) is 5. The fourth-order valence-corrected chi connectivity index (χ4v) is 3.82. The predicted molar refractivity (Wildman–Crippen MR) is 86.3 cm³/mol. The van der Waals surface area contributed by atoms with E-state index < -0.39 is 12.0 Å². The number of nitriles is 1. The van der Waals surface area contributed by atoms with Crippen molar-refractivity contribution in [3.63, 3.8) is 0 Å². The van der Waals surface area contributed by atoms with Crippen molar-refractivity contribution >= 4 is 17.7 Å². The molecule has 1 amide bonds. The summed E-state index contributed by atoms with van der Waals surface area (Å²) in [5.41, 5.74) is 0.419. The Balaban J connectivity index is 1.69. The summed E-state index contributed by atoms with van der Waals surface area (Å²) in [7, 11) is 0. The summed E-state index contributed by atoms with van der Waals surface area (Å²) in [5.74, 6) is -0.256. The summed E-state index contributed by atoms with van der Waals surface area (Å²) in [6.07, 6.45) is 3.76. The van der Waals surface area contributed by atoms with Crippen LogP contribution in [-0.2, 0) is 9.59 Å². The van der Waals surface area contributed by atoms with E-state index in [0.717, 1.165) is 31.7 Å². The van der Waals surface area contributed by atoms with Crippen LogP contribution in [0.5, 0.6) is 0 Å². The first-order valence-corrected chi connectivity index (χ1v) is 8.05. The van der Waals surface area contributed by atoms with Crippen molar-refractivity contribution in [2.24, 2.45) is 5.41 Å². The number of carbonyl (C=O) groups is 2. The van der Waals surface area contributed by atoms with Crippen molar-refractivity contribution in [2.75, 3.05) is 24.5 Å². The number of piperidine rings is 1. The van der Waals surface area contributed by atoms with Gasteiger partial charge in [0.2, 0.25) is 5.91 Å². The van der Waals surface area contributed by atoms with E-state index in [2.05, 4.69) is 16.0 Å². The second kappa shape index (κ2) is 6.11. The Morgan fingerprint density at radius 1 is 1.38 bits per heavy atom. The minimum absolute atomic E-state index is 0.113. The first-order valence-electron chi connectivity index (χ1n) is 8.05. The van der Waals surface area contributed by atoms with Crippen LogP contribution in [0.4, 0.5) is 5.82 Å². The number of anilines is 1. The van der Waals surface area contributed by atoms with E-state index in [1.807, 2.05) is 6.07 Å². The molecule has 1 aromatic rings. The number of rotatable bonds is 2. The molecule has 126 valence electrons. The number of carbonyl (C=O) groups excluding carboxylic acids is 1. The molecule has 2 aliphatic heterocycles. The third-order valence-electron chi connectivity index (χ3n) is 5.22. The molecule has 0 unspecified atom stereocenters. The molecule has 3 rings (SSSR count). The number of nitrogens with zero attached hydrogens (tertiary/aromatic N) is 4. The average molecular weight is 328 g/mol. The van der Waals surface area contributed by atoms with Crippen LogP contribution in [0.2, 0.25) is 0 Å². The molecule has 24 heavy (non-hydrogen) atoms. The molecule has 0 saturated carbocycles. The van der Waals surface area contributed by atoms with Gasteiger partial charge in [-0.05, 0) is 36.8 Å². The van der Waals surface area contributed by atoms with E-state index in [1.165, 1.54) is 11.8 Å². The number of carboxylic acids is 1. The number of carboxylic acid groups (broad SMARTS) is 1. The molecule has 0 bridgehead atoms. The molecule has 2 aliphatic rings. The van der Waals surface area contributed by atoms with Crippen LogP contribution in [0, 0.1) is 16.7 Å². The highest BCUT2D eigenvalue weighted by Crippen LogP contribution is 2.44. The van der Waals surface area contributed by atoms with Gasteiger partial charge in [-0.3, -0.25) is 4.79 Å². The summed E-state index contributed by atoms with van der Waals surface area (Å²) in [5, 5.41) is 18.2. The van der Waals surface area contributed by atoms with E-state index in [1.54, 1.807) is 12.3 Å². The quantitative estimate of drug-likeness (QED) is 0.877. The molecular formula is C17H20N4O3. The molecule has 0 aromatic carbocycles. The second-order valence-electron chi connectivity index (χ2n) is 6.71. The van der Waals surface area contributed by atoms with Crippen LogP contribution >= 0.6 is 0 Å². The predicted octanol–water partition coefficient (Wildman–Crippen LogP) is 1.25. The third kappa shape index (κ3) is 2.92. The molecule has 0 aliphatic carbocycles. The normalized spacial score (nSPS) is 22.4. The van der Waals surface area contributed by atoms with Crippen LogP contribution in [0.3, 0.4) is 0 Å². The maximum Gasteiger partial charge on any atom is 0.326 e. The standard InChI is InChI=1S/C17H20N4O3/c1-12(22)21-11-17(8-14(21)16(23)24)4-6-20(7-5-17)15-3-2-13(9-18)10-19-15/h2-3,10,14H,4-8,11H2,1H3,(H,23,24)/t14-/m1/s1. The van der Waals surface area contributed by atoms with Gasteiger partial charge >= 0.3 is 5.97 Å². The van der Waals surface area contributed by atoms with Crippen molar-refractivity contribution < 1.29 is 14.7 Å². The molecule has 1 spiro atoms. The van der Waals surface area contributed by atoms with Crippen molar-refractivity contribution in [3.05, 3.63) is 23.9 Å². The van der Waals surface area contributed by atoms with Gasteiger partial charge in [0.15, 0.2) is 0 Å². The third-order valence-corrected chi connectivity index (χ3v) is 5.22. The Hall–Kier alpha value is -2.62. The van der Waals surface area contributed by atoms with Crippen LogP contribution in [-0.4, -0.2) is 52.5 Å². The van der Waals surface area contributed by atoms with Crippen molar-refractivity contribution in [1.29, 1.82) is 5.26 Å². The summed E-state index contributed by atoms with van der Waals surface area (Å²) < 4.78 is 0. The number of aromatic nitrogens is 1. The Bertz CT molecular complexity index is 663. The maximum atomic E-state index is 11.7. The van der Waals surface area contributed by atoms with Gasteiger partial charge in [0, 0.05) is 32.8 Å². The van der Waals surface area contributed by atoms with Crippen molar-refractivity contribution in [3.8, 4) is 6.07 Å². The van der Waals surface area contributed by atoms with Crippen molar-refractivity contribution in [1.82, 2.24) is 9.88 Å². The molecule has 2 fully saturated rings. The van der Waals surface area contributed by atoms with E-state index in [0.29, 0.717) is 18.5 Å². The highest BCUT2D eigenvalue weighted by atomic mass is 16.4. The largest absolute Gasteiger partial charge is 0.480 e. The highest BCUT2D eigenvalue weighted by Gasteiger charge is 2.49. The first-order chi connectivity index (χ1) is 11.4. The number of likely N-dealkylation sites (tertiary alicyclic amines) is 1. The monoisotopic (exact) mass is 328 g/mol. The van der Waals surface area contributed by atoms with Gasteiger partial charge in [-0.2, -0.15) is 5.26 Å². The van der Waals surface area contributed by atoms with Crippen molar-refractivity contribution in [2.45, 2.75) is 32.2 Å². The molecule has 7 heteroatoms. The first kappa shape index (κ1) is 16.2. The van der Waals surface area contributed by atoms with Gasteiger partial charge in [0.05, 0.1) is 5.56 Å². The molecular weight excluding hydrogens is 308 g/mol.